The van der Waals surface area contributed by atoms with Gasteiger partial charge in [-0.15, -0.1) is 0 Å². The molecule has 1 aliphatic rings. The maximum Gasteiger partial charge on any atom is 0.451 e. The minimum Gasteiger partial charge on any atom is -0.270 e. The van der Waals surface area contributed by atoms with Crippen LogP contribution in [0.4, 0.5) is 13.2 Å². The van der Waals surface area contributed by atoms with Crippen molar-refractivity contribution in [1.29, 1.82) is 0 Å². The molecule has 0 spiro atoms. The first-order valence-corrected chi connectivity index (χ1v) is 9.56. The molecule has 3 heterocycles. The van der Waals surface area contributed by atoms with Crippen LogP contribution in [0, 0.1) is 6.92 Å². The first-order chi connectivity index (χ1) is 14.7. The van der Waals surface area contributed by atoms with E-state index >= 15 is 0 Å². The van der Waals surface area contributed by atoms with Crippen LogP contribution in [0.5, 0.6) is 0 Å². The van der Waals surface area contributed by atoms with E-state index in [0.29, 0.717) is 33.6 Å². The van der Waals surface area contributed by atoms with Gasteiger partial charge >= 0.3 is 6.18 Å². The first kappa shape index (κ1) is 22.1. The normalized spacial score (nSPS) is 13.0. The van der Waals surface area contributed by atoms with Gasteiger partial charge < -0.3 is 0 Å². The molecule has 9 heteroatoms. The molecule has 0 aliphatic carbocycles. The van der Waals surface area contributed by atoms with E-state index in [1.807, 2.05) is 13.8 Å². The number of imide groups is 1. The fraction of sp³-hybridized carbons (Fsp3) is 0.227. The van der Waals surface area contributed by atoms with Gasteiger partial charge in [0.2, 0.25) is 5.82 Å². The Hall–Kier alpha value is -3.62. The van der Waals surface area contributed by atoms with Crippen molar-refractivity contribution in [3.63, 3.8) is 0 Å². The van der Waals surface area contributed by atoms with Crippen molar-refractivity contribution in [1.82, 2.24) is 19.9 Å². The summed E-state index contributed by atoms with van der Waals surface area (Å²) in [6.45, 7) is 5.73. The number of benzene rings is 1. The lowest BCUT2D eigenvalue weighted by molar-refractivity contribution is -0.145. The quantitative estimate of drug-likeness (QED) is 0.566. The molecule has 0 radical (unpaired) electrons. The van der Waals surface area contributed by atoms with Crippen molar-refractivity contribution in [3.05, 3.63) is 77.0 Å². The number of alkyl halides is 3. The van der Waals surface area contributed by atoms with Gasteiger partial charge in [0.05, 0.1) is 23.4 Å². The molecule has 0 unspecified atom stereocenters. The SMILES string of the molecule is CC.Cc1cc(CN2C(=O)c3ccccc3C2=O)cc(-c2cnc(C(F)(F)F)nc2)n1. The number of aromatic nitrogens is 3. The molecule has 0 saturated carbocycles. The number of aryl methyl sites for hydroxylation is 1. The maximum atomic E-state index is 12.7. The number of halogens is 3. The van der Waals surface area contributed by atoms with Gasteiger partial charge in [0.25, 0.3) is 11.8 Å². The molecular weight excluding hydrogens is 409 g/mol. The zero-order valence-corrected chi connectivity index (χ0v) is 17.1. The van der Waals surface area contributed by atoms with Crippen molar-refractivity contribution in [3.8, 4) is 11.3 Å². The molecular formula is C22H19F3N4O2. The summed E-state index contributed by atoms with van der Waals surface area (Å²) in [5.74, 6) is -2.01. The van der Waals surface area contributed by atoms with E-state index in [4.69, 9.17) is 0 Å². The number of pyridine rings is 1. The van der Waals surface area contributed by atoms with E-state index in [1.54, 1.807) is 43.3 Å². The second kappa shape index (κ2) is 8.63. The molecule has 0 atom stereocenters. The smallest absolute Gasteiger partial charge is 0.270 e. The molecule has 0 fully saturated rings. The summed E-state index contributed by atoms with van der Waals surface area (Å²) < 4.78 is 38.0. The number of carbonyl (C=O) groups is 2. The molecule has 2 aromatic heterocycles. The summed E-state index contributed by atoms with van der Waals surface area (Å²) in [5, 5.41) is 0. The van der Waals surface area contributed by atoms with E-state index in [0.717, 1.165) is 17.3 Å². The van der Waals surface area contributed by atoms with Crippen molar-refractivity contribution in [2.75, 3.05) is 0 Å². The standard InChI is InChI=1S/C20H13F3N4O2.C2H6/c1-11-6-12(10-27-17(28)14-4-2-3-5-15(14)18(27)29)7-16(26-11)13-8-24-19(25-9-13)20(21,22)23;1-2/h2-9H,10H2,1H3;1-2H3. The highest BCUT2D eigenvalue weighted by Crippen LogP contribution is 2.28. The fourth-order valence-electron chi connectivity index (χ4n) is 3.15. The second-order valence-corrected chi connectivity index (χ2v) is 6.54. The third-order valence-corrected chi connectivity index (χ3v) is 4.43. The van der Waals surface area contributed by atoms with E-state index < -0.39 is 12.0 Å². The molecule has 31 heavy (non-hydrogen) atoms. The molecule has 0 N–H and O–H groups in total. The molecule has 6 nitrogen and oxygen atoms in total. The molecule has 0 saturated heterocycles. The highest BCUT2D eigenvalue weighted by atomic mass is 19.4. The topological polar surface area (TPSA) is 76.1 Å². The maximum absolute atomic E-state index is 12.7. The number of amides is 2. The van der Waals surface area contributed by atoms with Gasteiger partial charge in [-0.2, -0.15) is 13.2 Å². The van der Waals surface area contributed by atoms with Crippen LogP contribution in [0.1, 0.15) is 51.6 Å². The van der Waals surface area contributed by atoms with Gasteiger partial charge in [0.15, 0.2) is 0 Å². The largest absolute Gasteiger partial charge is 0.451 e. The molecule has 0 bridgehead atoms. The Bertz CT molecular complexity index is 1090. The van der Waals surface area contributed by atoms with E-state index in [-0.39, 0.29) is 18.4 Å². The number of rotatable bonds is 3. The average molecular weight is 428 g/mol. The second-order valence-electron chi connectivity index (χ2n) is 6.54. The Kier molecular flexibility index (Phi) is 6.14. The van der Waals surface area contributed by atoms with E-state index in [1.165, 1.54) is 0 Å². The van der Waals surface area contributed by atoms with Crippen molar-refractivity contribution >= 4 is 11.8 Å². The average Bonchev–Trinajstić information content (AvgIpc) is 2.99. The summed E-state index contributed by atoms with van der Waals surface area (Å²) in [7, 11) is 0. The number of fused-ring (bicyclic) bond motifs is 1. The minimum absolute atomic E-state index is 0.0181. The van der Waals surface area contributed by atoms with Gasteiger partial charge in [-0.1, -0.05) is 26.0 Å². The summed E-state index contributed by atoms with van der Waals surface area (Å²) in [6.07, 6.45) is -2.54. The minimum atomic E-state index is -4.63. The summed E-state index contributed by atoms with van der Waals surface area (Å²) in [4.78, 5) is 37.2. The first-order valence-electron chi connectivity index (χ1n) is 9.56. The lowest BCUT2D eigenvalue weighted by Gasteiger charge is -2.15. The van der Waals surface area contributed by atoms with Crippen LogP contribution in [0.3, 0.4) is 0 Å². The Balaban J connectivity index is 0.00000132. The Morgan fingerprint density at radius 3 is 2.00 bits per heavy atom. The lowest BCUT2D eigenvalue weighted by atomic mass is 10.1. The molecule has 160 valence electrons. The molecule has 1 aliphatic heterocycles. The predicted octanol–water partition coefficient (Wildman–Crippen LogP) is 4.69. The third kappa shape index (κ3) is 4.45. The Morgan fingerprint density at radius 2 is 1.48 bits per heavy atom. The van der Waals surface area contributed by atoms with Gasteiger partial charge in [0.1, 0.15) is 0 Å². The predicted molar refractivity (Wildman–Crippen MR) is 107 cm³/mol. The molecule has 1 aromatic carbocycles. The highest BCUT2D eigenvalue weighted by molar-refractivity contribution is 6.21. The zero-order chi connectivity index (χ0) is 22.8. The lowest BCUT2D eigenvalue weighted by Crippen LogP contribution is -2.29. The Morgan fingerprint density at radius 1 is 0.935 bits per heavy atom. The van der Waals surface area contributed by atoms with E-state index in [9.17, 15) is 22.8 Å². The number of carbonyl (C=O) groups excluding carboxylic acids is 2. The van der Waals surface area contributed by atoms with Gasteiger partial charge in [-0.05, 0) is 36.8 Å². The number of hydrogen-bond donors (Lipinski definition) is 0. The van der Waals surface area contributed by atoms with Crippen molar-refractivity contribution in [2.45, 2.75) is 33.5 Å². The monoisotopic (exact) mass is 428 g/mol. The van der Waals surface area contributed by atoms with Crippen LogP contribution >= 0.6 is 0 Å². The fourth-order valence-corrected chi connectivity index (χ4v) is 3.15. The van der Waals surface area contributed by atoms with Gasteiger partial charge in [0, 0.05) is 23.7 Å². The van der Waals surface area contributed by atoms with Crippen LogP contribution < -0.4 is 0 Å². The summed E-state index contributed by atoms with van der Waals surface area (Å²) in [5.41, 5.74) is 2.53. The molecule has 2 amide bonds. The Labute approximate surface area is 176 Å². The number of nitrogens with zero attached hydrogens (tertiary/aromatic N) is 4. The van der Waals surface area contributed by atoms with Crippen LogP contribution in [-0.4, -0.2) is 31.7 Å². The van der Waals surface area contributed by atoms with Crippen molar-refractivity contribution < 1.29 is 22.8 Å². The van der Waals surface area contributed by atoms with E-state index in [2.05, 4.69) is 15.0 Å². The summed E-state index contributed by atoms with van der Waals surface area (Å²) >= 11 is 0. The summed E-state index contributed by atoms with van der Waals surface area (Å²) in [6, 6.07) is 9.87. The highest BCUT2D eigenvalue weighted by Gasteiger charge is 2.35. The third-order valence-electron chi connectivity index (χ3n) is 4.43. The zero-order valence-electron chi connectivity index (χ0n) is 17.1. The van der Waals surface area contributed by atoms with Crippen LogP contribution in [0.15, 0.2) is 48.8 Å². The number of hydrogen-bond acceptors (Lipinski definition) is 5. The van der Waals surface area contributed by atoms with Gasteiger partial charge in [-0.3, -0.25) is 19.5 Å². The molecule has 3 aromatic rings. The van der Waals surface area contributed by atoms with Crippen LogP contribution in [-0.2, 0) is 12.7 Å². The van der Waals surface area contributed by atoms with Crippen LogP contribution in [0.25, 0.3) is 11.3 Å². The van der Waals surface area contributed by atoms with Gasteiger partial charge in [-0.25, -0.2) is 9.97 Å². The van der Waals surface area contributed by atoms with Crippen molar-refractivity contribution in [2.24, 2.45) is 0 Å². The van der Waals surface area contributed by atoms with Crippen LogP contribution in [0.2, 0.25) is 0 Å². The molecule has 4 rings (SSSR count).